The molecular weight excluding hydrogens is 354 g/mol. The van der Waals surface area contributed by atoms with Gasteiger partial charge in [-0.2, -0.15) is 0 Å². The molecule has 0 atom stereocenters. The predicted octanol–water partition coefficient (Wildman–Crippen LogP) is 3.58. The summed E-state index contributed by atoms with van der Waals surface area (Å²) in [6, 6.07) is 7.80. The van der Waals surface area contributed by atoms with Gasteiger partial charge in [-0.05, 0) is 44.0 Å². The molecule has 0 saturated carbocycles. The van der Waals surface area contributed by atoms with Gasteiger partial charge in [0, 0.05) is 23.8 Å². The van der Waals surface area contributed by atoms with Crippen LogP contribution in [0.5, 0.6) is 0 Å². The van der Waals surface area contributed by atoms with Gasteiger partial charge in [0.1, 0.15) is 9.21 Å². The molecule has 0 unspecified atom stereocenters. The minimum absolute atomic E-state index is 0.0443. The second kappa shape index (κ2) is 4.89. The minimum Gasteiger partial charge on any atom is -0.258 e. The molecule has 0 aliphatic carbocycles. The van der Waals surface area contributed by atoms with Crippen molar-refractivity contribution in [1.29, 1.82) is 0 Å². The van der Waals surface area contributed by atoms with Gasteiger partial charge in [-0.3, -0.25) is 10.1 Å². The van der Waals surface area contributed by atoms with Gasteiger partial charge in [0.25, 0.3) is 5.69 Å². The SMILES string of the molecule is O=[N+]([O-])c1ccc(-c2nc(Br)cc(Br)n2)cc1. The number of benzene rings is 1. The Morgan fingerprint density at radius 2 is 1.59 bits per heavy atom. The number of aromatic nitrogens is 2. The lowest BCUT2D eigenvalue weighted by Gasteiger charge is -2.01. The third kappa shape index (κ3) is 2.86. The average molecular weight is 359 g/mol. The molecule has 2 rings (SSSR count). The van der Waals surface area contributed by atoms with E-state index in [1.807, 2.05) is 0 Å². The number of rotatable bonds is 2. The summed E-state index contributed by atoms with van der Waals surface area (Å²) in [7, 11) is 0. The molecule has 2 aromatic rings. The highest BCUT2D eigenvalue weighted by Crippen LogP contribution is 2.22. The van der Waals surface area contributed by atoms with E-state index in [4.69, 9.17) is 0 Å². The molecule has 0 bridgehead atoms. The van der Waals surface area contributed by atoms with Gasteiger partial charge < -0.3 is 0 Å². The van der Waals surface area contributed by atoms with Gasteiger partial charge in [-0.25, -0.2) is 9.97 Å². The van der Waals surface area contributed by atoms with Crippen LogP contribution < -0.4 is 0 Å². The van der Waals surface area contributed by atoms with Gasteiger partial charge in [0.05, 0.1) is 4.92 Å². The van der Waals surface area contributed by atoms with Gasteiger partial charge in [-0.15, -0.1) is 0 Å². The van der Waals surface area contributed by atoms with Crippen molar-refractivity contribution in [3.05, 3.63) is 49.7 Å². The maximum absolute atomic E-state index is 10.5. The van der Waals surface area contributed by atoms with Crippen LogP contribution in [-0.4, -0.2) is 14.9 Å². The summed E-state index contributed by atoms with van der Waals surface area (Å²) in [5.41, 5.74) is 0.764. The van der Waals surface area contributed by atoms with E-state index in [9.17, 15) is 10.1 Å². The van der Waals surface area contributed by atoms with Crippen molar-refractivity contribution in [1.82, 2.24) is 9.97 Å². The third-order valence-corrected chi connectivity index (χ3v) is 2.81. The lowest BCUT2D eigenvalue weighted by molar-refractivity contribution is -0.384. The van der Waals surface area contributed by atoms with Crippen LogP contribution in [0.1, 0.15) is 0 Å². The number of hydrogen-bond acceptors (Lipinski definition) is 4. The van der Waals surface area contributed by atoms with E-state index in [1.165, 1.54) is 12.1 Å². The van der Waals surface area contributed by atoms with E-state index >= 15 is 0 Å². The highest BCUT2D eigenvalue weighted by Gasteiger charge is 2.08. The summed E-state index contributed by atoms with van der Waals surface area (Å²) in [6.07, 6.45) is 0. The van der Waals surface area contributed by atoms with Crippen LogP contribution in [-0.2, 0) is 0 Å². The fraction of sp³-hybridized carbons (Fsp3) is 0. The molecule has 7 heteroatoms. The zero-order chi connectivity index (χ0) is 12.4. The van der Waals surface area contributed by atoms with E-state index in [0.717, 1.165) is 5.56 Å². The smallest absolute Gasteiger partial charge is 0.258 e. The molecule has 5 nitrogen and oxygen atoms in total. The zero-order valence-corrected chi connectivity index (χ0v) is 11.5. The first-order chi connectivity index (χ1) is 8.06. The van der Waals surface area contributed by atoms with Crippen molar-refractivity contribution in [2.75, 3.05) is 0 Å². The molecular formula is C10H5Br2N3O2. The average Bonchev–Trinajstić information content (AvgIpc) is 2.28. The van der Waals surface area contributed by atoms with Gasteiger partial charge in [-0.1, -0.05) is 0 Å². The quantitative estimate of drug-likeness (QED) is 0.467. The van der Waals surface area contributed by atoms with E-state index in [1.54, 1.807) is 18.2 Å². The summed E-state index contributed by atoms with van der Waals surface area (Å²) >= 11 is 6.52. The van der Waals surface area contributed by atoms with Crippen LogP contribution in [0, 0.1) is 10.1 Å². The number of nitrogens with zero attached hydrogens (tertiary/aromatic N) is 3. The molecule has 0 amide bonds. The fourth-order valence-corrected chi connectivity index (χ4v) is 2.33. The number of hydrogen-bond donors (Lipinski definition) is 0. The lowest BCUT2D eigenvalue weighted by Crippen LogP contribution is -1.91. The topological polar surface area (TPSA) is 68.9 Å². The predicted molar refractivity (Wildman–Crippen MR) is 69.5 cm³/mol. The number of halogens is 2. The Labute approximate surface area is 113 Å². The van der Waals surface area contributed by atoms with Gasteiger partial charge in [0.2, 0.25) is 0 Å². The highest BCUT2D eigenvalue weighted by molar-refractivity contribution is 9.11. The van der Waals surface area contributed by atoms with E-state index < -0.39 is 4.92 Å². The van der Waals surface area contributed by atoms with Gasteiger partial charge in [0.15, 0.2) is 5.82 Å². The first kappa shape index (κ1) is 12.1. The number of nitro groups is 1. The van der Waals surface area contributed by atoms with E-state index in [2.05, 4.69) is 41.8 Å². The summed E-state index contributed by atoms with van der Waals surface area (Å²) in [5, 5.41) is 10.5. The largest absolute Gasteiger partial charge is 0.269 e. The Bertz CT molecular complexity index is 552. The maximum Gasteiger partial charge on any atom is 0.269 e. The molecule has 1 aromatic heterocycles. The van der Waals surface area contributed by atoms with Crippen molar-refractivity contribution >= 4 is 37.5 Å². The first-order valence-corrected chi connectivity index (χ1v) is 6.10. The Morgan fingerprint density at radius 3 is 2.06 bits per heavy atom. The molecule has 0 aliphatic rings. The molecule has 0 saturated heterocycles. The van der Waals surface area contributed by atoms with Crippen molar-refractivity contribution in [3.63, 3.8) is 0 Å². The Kier molecular flexibility index (Phi) is 3.49. The van der Waals surface area contributed by atoms with Crippen LogP contribution in [0.25, 0.3) is 11.4 Å². The maximum atomic E-state index is 10.5. The van der Waals surface area contributed by atoms with Crippen molar-refractivity contribution in [3.8, 4) is 11.4 Å². The van der Waals surface area contributed by atoms with Gasteiger partial charge >= 0.3 is 0 Å². The molecule has 1 aromatic carbocycles. The molecule has 17 heavy (non-hydrogen) atoms. The minimum atomic E-state index is -0.443. The molecule has 0 radical (unpaired) electrons. The zero-order valence-electron chi connectivity index (χ0n) is 8.30. The molecule has 0 fully saturated rings. The van der Waals surface area contributed by atoms with Crippen molar-refractivity contribution in [2.24, 2.45) is 0 Å². The van der Waals surface area contributed by atoms with Crippen LogP contribution in [0.15, 0.2) is 39.5 Å². The molecule has 86 valence electrons. The Hall–Kier alpha value is -1.34. The van der Waals surface area contributed by atoms with Crippen molar-refractivity contribution < 1.29 is 4.92 Å². The summed E-state index contributed by atoms with van der Waals surface area (Å²) in [4.78, 5) is 18.4. The van der Waals surface area contributed by atoms with Crippen LogP contribution in [0.4, 0.5) is 5.69 Å². The number of nitro benzene ring substituents is 1. The first-order valence-electron chi connectivity index (χ1n) is 4.51. The number of non-ortho nitro benzene ring substituents is 1. The second-order valence-corrected chi connectivity index (χ2v) is 4.77. The summed E-state index contributed by atoms with van der Waals surface area (Å²) in [6.45, 7) is 0. The molecule has 1 heterocycles. The van der Waals surface area contributed by atoms with E-state index in [0.29, 0.717) is 15.0 Å². The molecule has 0 N–H and O–H groups in total. The molecule has 0 aliphatic heterocycles. The molecule has 0 spiro atoms. The summed E-state index contributed by atoms with van der Waals surface area (Å²) < 4.78 is 1.29. The van der Waals surface area contributed by atoms with Crippen LogP contribution >= 0.6 is 31.9 Å². The fourth-order valence-electron chi connectivity index (χ4n) is 1.25. The third-order valence-electron chi connectivity index (χ3n) is 2.00. The van der Waals surface area contributed by atoms with Crippen LogP contribution in [0.3, 0.4) is 0 Å². The monoisotopic (exact) mass is 357 g/mol. The normalized spacial score (nSPS) is 10.2. The Balaban J connectivity index is 2.43. The van der Waals surface area contributed by atoms with Crippen molar-refractivity contribution in [2.45, 2.75) is 0 Å². The highest BCUT2D eigenvalue weighted by atomic mass is 79.9. The van der Waals surface area contributed by atoms with Crippen LogP contribution in [0.2, 0.25) is 0 Å². The summed E-state index contributed by atoms with van der Waals surface area (Å²) in [5.74, 6) is 0.501. The Morgan fingerprint density at radius 1 is 1.06 bits per heavy atom. The standard InChI is InChI=1S/C10H5Br2N3O2/c11-8-5-9(12)14-10(13-8)6-1-3-7(4-2-6)15(16)17/h1-5H. The van der Waals surface area contributed by atoms with E-state index in [-0.39, 0.29) is 5.69 Å². The second-order valence-electron chi connectivity index (χ2n) is 3.14. The lowest BCUT2D eigenvalue weighted by atomic mass is 10.2.